The number of amides is 4. The average molecular weight is 411 g/mol. The van der Waals surface area contributed by atoms with Crippen molar-refractivity contribution >= 4 is 23.6 Å². The molecule has 3 fully saturated rings. The minimum Gasteiger partial charge on any atom is -0.336 e. The SMILES string of the molecule is O=C1CCC(N2Cc3ccc(CNC4CCN(C5CNC5)C4=O)cc3C2=O)C(=O)N1. The van der Waals surface area contributed by atoms with Gasteiger partial charge in [-0.3, -0.25) is 24.5 Å². The van der Waals surface area contributed by atoms with Gasteiger partial charge in [0.05, 0.1) is 12.1 Å². The molecule has 5 rings (SSSR count). The van der Waals surface area contributed by atoms with Gasteiger partial charge in [-0.2, -0.15) is 0 Å². The maximum atomic E-state index is 12.9. The molecule has 2 atom stereocenters. The number of rotatable bonds is 5. The van der Waals surface area contributed by atoms with Crippen LogP contribution < -0.4 is 16.0 Å². The Morgan fingerprint density at radius 3 is 2.63 bits per heavy atom. The molecule has 1 aromatic carbocycles. The first-order chi connectivity index (χ1) is 14.5. The lowest BCUT2D eigenvalue weighted by Gasteiger charge is -2.35. The van der Waals surface area contributed by atoms with Crippen LogP contribution in [0.5, 0.6) is 0 Å². The second kappa shape index (κ2) is 7.48. The van der Waals surface area contributed by atoms with E-state index in [1.165, 1.54) is 0 Å². The summed E-state index contributed by atoms with van der Waals surface area (Å²) in [6.45, 7) is 3.41. The van der Waals surface area contributed by atoms with Crippen LogP contribution in [0.25, 0.3) is 0 Å². The zero-order valence-corrected chi connectivity index (χ0v) is 16.6. The van der Waals surface area contributed by atoms with Crippen molar-refractivity contribution in [2.75, 3.05) is 19.6 Å². The Kier molecular flexibility index (Phi) is 4.79. The number of hydrogen-bond acceptors (Lipinski definition) is 6. The smallest absolute Gasteiger partial charge is 0.255 e. The van der Waals surface area contributed by atoms with Gasteiger partial charge in [-0.15, -0.1) is 0 Å². The van der Waals surface area contributed by atoms with E-state index in [1.807, 2.05) is 23.1 Å². The van der Waals surface area contributed by atoms with E-state index in [0.717, 1.165) is 37.2 Å². The Balaban J connectivity index is 1.22. The van der Waals surface area contributed by atoms with Crippen molar-refractivity contribution in [2.24, 2.45) is 0 Å². The predicted molar refractivity (Wildman–Crippen MR) is 106 cm³/mol. The van der Waals surface area contributed by atoms with Gasteiger partial charge in [-0.1, -0.05) is 12.1 Å². The number of imide groups is 1. The summed E-state index contributed by atoms with van der Waals surface area (Å²) in [5.41, 5.74) is 2.41. The summed E-state index contributed by atoms with van der Waals surface area (Å²) < 4.78 is 0. The molecule has 0 saturated carbocycles. The highest BCUT2D eigenvalue weighted by Crippen LogP contribution is 2.28. The third kappa shape index (κ3) is 3.27. The van der Waals surface area contributed by atoms with E-state index in [9.17, 15) is 19.2 Å². The molecule has 1 aromatic rings. The Morgan fingerprint density at radius 2 is 1.90 bits per heavy atom. The number of likely N-dealkylation sites (tertiary alicyclic amines) is 1. The number of hydrogen-bond donors (Lipinski definition) is 3. The van der Waals surface area contributed by atoms with Crippen LogP contribution in [0.4, 0.5) is 0 Å². The fraction of sp³-hybridized carbons (Fsp3) is 0.524. The number of piperidine rings is 1. The normalized spacial score (nSPS) is 26.8. The number of carbonyl (C=O) groups excluding carboxylic acids is 4. The topological polar surface area (TPSA) is 111 Å². The van der Waals surface area contributed by atoms with Crippen molar-refractivity contribution in [2.45, 2.75) is 50.5 Å². The Morgan fingerprint density at radius 1 is 1.07 bits per heavy atom. The number of benzene rings is 1. The molecule has 4 aliphatic heterocycles. The highest BCUT2D eigenvalue weighted by atomic mass is 16.2. The first-order valence-electron chi connectivity index (χ1n) is 10.5. The Labute approximate surface area is 174 Å². The molecule has 4 aliphatic rings. The molecular formula is C21H25N5O4. The molecule has 0 bridgehead atoms. The Bertz CT molecular complexity index is 928. The van der Waals surface area contributed by atoms with Gasteiger partial charge in [0.25, 0.3) is 5.91 Å². The van der Waals surface area contributed by atoms with E-state index < -0.39 is 11.9 Å². The van der Waals surface area contributed by atoms with Crippen molar-refractivity contribution in [3.05, 3.63) is 34.9 Å². The fourth-order valence-corrected chi connectivity index (χ4v) is 4.70. The van der Waals surface area contributed by atoms with Crippen molar-refractivity contribution in [1.82, 2.24) is 25.8 Å². The molecule has 0 aliphatic carbocycles. The summed E-state index contributed by atoms with van der Waals surface area (Å²) in [6, 6.07) is 5.25. The summed E-state index contributed by atoms with van der Waals surface area (Å²) in [5, 5.41) is 8.85. The summed E-state index contributed by atoms with van der Waals surface area (Å²) in [4.78, 5) is 52.6. The largest absolute Gasteiger partial charge is 0.336 e. The van der Waals surface area contributed by atoms with Gasteiger partial charge in [-0.25, -0.2) is 0 Å². The van der Waals surface area contributed by atoms with E-state index in [-0.39, 0.29) is 30.2 Å². The van der Waals surface area contributed by atoms with Crippen LogP contribution in [-0.2, 0) is 27.5 Å². The van der Waals surface area contributed by atoms with Gasteiger partial charge in [0.2, 0.25) is 17.7 Å². The highest BCUT2D eigenvalue weighted by molar-refractivity contribution is 6.05. The fourth-order valence-electron chi connectivity index (χ4n) is 4.70. The molecule has 3 saturated heterocycles. The zero-order valence-electron chi connectivity index (χ0n) is 16.6. The van der Waals surface area contributed by atoms with Crippen LogP contribution in [0.1, 0.15) is 40.7 Å². The molecule has 3 N–H and O–H groups in total. The van der Waals surface area contributed by atoms with Gasteiger partial charge < -0.3 is 20.4 Å². The average Bonchev–Trinajstić information content (AvgIpc) is 3.20. The molecule has 9 nitrogen and oxygen atoms in total. The molecule has 2 unspecified atom stereocenters. The molecule has 4 heterocycles. The van der Waals surface area contributed by atoms with Crippen LogP contribution in [-0.4, -0.2) is 71.2 Å². The number of nitrogens with one attached hydrogen (secondary N) is 3. The van der Waals surface area contributed by atoms with Gasteiger partial charge in [0.15, 0.2) is 0 Å². The van der Waals surface area contributed by atoms with Gasteiger partial charge in [-0.05, 0) is 30.0 Å². The minimum atomic E-state index is -0.604. The first kappa shape index (κ1) is 19.2. The van der Waals surface area contributed by atoms with Crippen molar-refractivity contribution in [1.29, 1.82) is 0 Å². The first-order valence-corrected chi connectivity index (χ1v) is 10.5. The monoisotopic (exact) mass is 411 g/mol. The molecule has 158 valence electrons. The molecule has 0 radical (unpaired) electrons. The van der Waals surface area contributed by atoms with Gasteiger partial charge in [0, 0.05) is 44.7 Å². The summed E-state index contributed by atoms with van der Waals surface area (Å²) in [7, 11) is 0. The van der Waals surface area contributed by atoms with Crippen LogP contribution in [0.3, 0.4) is 0 Å². The van der Waals surface area contributed by atoms with Crippen LogP contribution in [0, 0.1) is 0 Å². The van der Waals surface area contributed by atoms with E-state index in [0.29, 0.717) is 31.1 Å². The lowest BCUT2D eigenvalue weighted by Crippen LogP contribution is -2.58. The van der Waals surface area contributed by atoms with E-state index in [2.05, 4.69) is 16.0 Å². The number of carbonyl (C=O) groups is 4. The summed E-state index contributed by atoms with van der Waals surface area (Å²) in [6.07, 6.45) is 1.40. The summed E-state index contributed by atoms with van der Waals surface area (Å²) >= 11 is 0. The maximum Gasteiger partial charge on any atom is 0.255 e. The van der Waals surface area contributed by atoms with Crippen molar-refractivity contribution in [3.8, 4) is 0 Å². The lowest BCUT2D eigenvalue weighted by atomic mass is 10.0. The molecule has 9 heteroatoms. The van der Waals surface area contributed by atoms with Gasteiger partial charge in [0.1, 0.15) is 6.04 Å². The van der Waals surface area contributed by atoms with Crippen molar-refractivity contribution < 1.29 is 19.2 Å². The van der Waals surface area contributed by atoms with Crippen molar-refractivity contribution in [3.63, 3.8) is 0 Å². The second-order valence-electron chi connectivity index (χ2n) is 8.46. The number of nitrogens with zero attached hydrogens (tertiary/aromatic N) is 2. The molecule has 30 heavy (non-hydrogen) atoms. The zero-order chi connectivity index (χ0) is 20.8. The predicted octanol–water partition coefficient (Wildman–Crippen LogP) is -0.890. The second-order valence-corrected chi connectivity index (χ2v) is 8.46. The van der Waals surface area contributed by atoms with E-state index >= 15 is 0 Å². The quantitative estimate of drug-likeness (QED) is 0.542. The summed E-state index contributed by atoms with van der Waals surface area (Å²) in [5.74, 6) is -0.715. The molecule has 0 aromatic heterocycles. The van der Waals surface area contributed by atoms with Crippen LogP contribution in [0.15, 0.2) is 18.2 Å². The molecular weight excluding hydrogens is 386 g/mol. The Hall–Kier alpha value is -2.78. The minimum absolute atomic E-state index is 0.155. The van der Waals surface area contributed by atoms with Gasteiger partial charge >= 0.3 is 0 Å². The third-order valence-electron chi connectivity index (χ3n) is 6.59. The molecule has 4 amide bonds. The maximum absolute atomic E-state index is 12.9. The number of fused-ring (bicyclic) bond motifs is 1. The highest BCUT2D eigenvalue weighted by Gasteiger charge is 2.40. The van der Waals surface area contributed by atoms with Crippen LogP contribution >= 0.6 is 0 Å². The lowest BCUT2D eigenvalue weighted by molar-refractivity contribution is -0.137. The van der Waals surface area contributed by atoms with Crippen LogP contribution in [0.2, 0.25) is 0 Å². The third-order valence-corrected chi connectivity index (χ3v) is 6.59. The van der Waals surface area contributed by atoms with E-state index in [1.54, 1.807) is 4.90 Å². The standard InChI is InChI=1S/C21H25N5O4/c27-18-4-3-17(19(28)24-18)26-11-13-2-1-12(7-15(13)20(26)29)8-23-16-5-6-25(21(16)30)14-9-22-10-14/h1-2,7,14,16-17,22-23H,3-6,8-11H2,(H,24,27,28). The van der Waals surface area contributed by atoms with E-state index in [4.69, 9.17) is 0 Å². The molecule has 0 spiro atoms.